The molecule has 2 atom stereocenters. The normalized spacial score (nSPS) is 25.2. The van der Waals surface area contributed by atoms with Crippen LogP contribution in [0.1, 0.15) is 29.6 Å². The van der Waals surface area contributed by atoms with Crippen molar-refractivity contribution < 1.29 is 19.2 Å². The van der Waals surface area contributed by atoms with Gasteiger partial charge in [0, 0.05) is 19.7 Å². The minimum atomic E-state index is -1.06. The third-order valence-corrected chi connectivity index (χ3v) is 3.43. The van der Waals surface area contributed by atoms with Crippen LogP contribution in [0.3, 0.4) is 0 Å². The van der Waals surface area contributed by atoms with Crippen molar-refractivity contribution in [3.63, 3.8) is 0 Å². The quantitative estimate of drug-likeness (QED) is 0.871. The predicted octanol–water partition coefficient (Wildman–Crippen LogP) is 1.23. The molecule has 2 heterocycles. The Balaban J connectivity index is 1.94. The summed E-state index contributed by atoms with van der Waals surface area (Å²) in [6, 6.07) is 1.47. The van der Waals surface area contributed by atoms with Gasteiger partial charge in [-0.3, -0.25) is 4.90 Å². The molecule has 1 fully saturated rings. The molecule has 0 aromatic carbocycles. The van der Waals surface area contributed by atoms with Gasteiger partial charge in [0.15, 0.2) is 11.5 Å². The zero-order valence-electron chi connectivity index (χ0n) is 10.6. The number of aromatic carboxylic acids is 1. The van der Waals surface area contributed by atoms with Crippen LogP contribution >= 0.6 is 0 Å². The van der Waals surface area contributed by atoms with Gasteiger partial charge in [-0.2, -0.15) is 0 Å². The molecule has 2 rings (SSSR count). The van der Waals surface area contributed by atoms with Gasteiger partial charge in [-0.25, -0.2) is 4.79 Å². The standard InChI is InChI=1S/C12H18N2O4/c1-8-3-4-14(7-11(8)17-2)6-9-5-10(12(15)16)13-18-9/h5,8,11H,3-4,6-7H2,1-2H3,(H,15,16). The van der Waals surface area contributed by atoms with Gasteiger partial charge in [0.1, 0.15) is 0 Å². The van der Waals surface area contributed by atoms with Crippen LogP contribution in [0.15, 0.2) is 10.6 Å². The number of ether oxygens (including phenoxy) is 1. The molecule has 1 aliphatic heterocycles. The average molecular weight is 254 g/mol. The molecule has 0 saturated carbocycles. The van der Waals surface area contributed by atoms with E-state index in [1.54, 1.807) is 7.11 Å². The van der Waals surface area contributed by atoms with E-state index in [0.29, 0.717) is 18.2 Å². The molecule has 6 heteroatoms. The summed E-state index contributed by atoms with van der Waals surface area (Å²) >= 11 is 0. The maximum absolute atomic E-state index is 10.7. The third kappa shape index (κ3) is 2.88. The summed E-state index contributed by atoms with van der Waals surface area (Å²) in [7, 11) is 1.72. The lowest BCUT2D eigenvalue weighted by Crippen LogP contribution is -2.43. The van der Waals surface area contributed by atoms with E-state index in [-0.39, 0.29) is 11.8 Å². The molecular formula is C12H18N2O4. The monoisotopic (exact) mass is 254 g/mol. The van der Waals surface area contributed by atoms with E-state index in [2.05, 4.69) is 17.0 Å². The molecule has 6 nitrogen and oxygen atoms in total. The molecule has 2 unspecified atom stereocenters. The van der Waals surface area contributed by atoms with Gasteiger partial charge in [0.2, 0.25) is 0 Å². The molecule has 1 N–H and O–H groups in total. The number of piperidine rings is 1. The van der Waals surface area contributed by atoms with Crippen molar-refractivity contribution in [2.75, 3.05) is 20.2 Å². The Kier molecular flexibility index (Phi) is 3.98. The van der Waals surface area contributed by atoms with E-state index in [0.717, 1.165) is 19.5 Å². The van der Waals surface area contributed by atoms with Crippen molar-refractivity contribution in [1.29, 1.82) is 0 Å². The fraction of sp³-hybridized carbons (Fsp3) is 0.667. The van der Waals surface area contributed by atoms with Crippen molar-refractivity contribution in [3.05, 3.63) is 17.5 Å². The highest BCUT2D eigenvalue weighted by molar-refractivity contribution is 5.85. The minimum absolute atomic E-state index is 0.0429. The fourth-order valence-corrected chi connectivity index (χ4v) is 2.26. The second-order valence-corrected chi connectivity index (χ2v) is 4.76. The summed E-state index contributed by atoms with van der Waals surface area (Å²) < 4.78 is 10.4. The summed E-state index contributed by atoms with van der Waals surface area (Å²) in [6.07, 6.45) is 1.29. The Bertz CT molecular complexity index is 418. The van der Waals surface area contributed by atoms with E-state index in [1.165, 1.54) is 6.07 Å². The number of carboxylic acids is 1. The van der Waals surface area contributed by atoms with E-state index < -0.39 is 5.97 Å². The first kappa shape index (κ1) is 13.0. The lowest BCUT2D eigenvalue weighted by Gasteiger charge is -2.35. The maximum atomic E-state index is 10.7. The van der Waals surface area contributed by atoms with Gasteiger partial charge in [-0.1, -0.05) is 12.1 Å². The van der Waals surface area contributed by atoms with Crippen LogP contribution in [-0.2, 0) is 11.3 Å². The largest absolute Gasteiger partial charge is 0.476 e. The first-order valence-electron chi connectivity index (χ1n) is 6.04. The van der Waals surface area contributed by atoms with Crippen molar-refractivity contribution in [2.45, 2.75) is 26.0 Å². The number of hydrogen-bond acceptors (Lipinski definition) is 5. The van der Waals surface area contributed by atoms with E-state index >= 15 is 0 Å². The van der Waals surface area contributed by atoms with Crippen molar-refractivity contribution >= 4 is 5.97 Å². The molecule has 0 bridgehead atoms. The van der Waals surface area contributed by atoms with Crippen LogP contribution in [0.5, 0.6) is 0 Å². The van der Waals surface area contributed by atoms with Gasteiger partial charge in [-0.15, -0.1) is 0 Å². The van der Waals surface area contributed by atoms with Crippen molar-refractivity contribution in [1.82, 2.24) is 10.1 Å². The van der Waals surface area contributed by atoms with Gasteiger partial charge in [0.25, 0.3) is 0 Å². The zero-order valence-corrected chi connectivity index (χ0v) is 10.6. The summed E-state index contributed by atoms with van der Waals surface area (Å²) in [5, 5.41) is 12.3. The molecular weight excluding hydrogens is 236 g/mol. The van der Waals surface area contributed by atoms with E-state index in [9.17, 15) is 4.79 Å². The summed E-state index contributed by atoms with van der Waals surface area (Å²) in [4.78, 5) is 12.9. The number of aromatic nitrogens is 1. The molecule has 1 aromatic heterocycles. The lowest BCUT2D eigenvalue weighted by atomic mass is 9.96. The molecule has 0 spiro atoms. The molecule has 100 valence electrons. The summed E-state index contributed by atoms with van der Waals surface area (Å²) in [5.74, 6) is 0.0689. The Labute approximate surface area is 106 Å². The second-order valence-electron chi connectivity index (χ2n) is 4.76. The number of carbonyl (C=O) groups is 1. The Morgan fingerprint density at radius 2 is 2.50 bits per heavy atom. The van der Waals surface area contributed by atoms with E-state index in [4.69, 9.17) is 14.4 Å². The topological polar surface area (TPSA) is 75.8 Å². The smallest absolute Gasteiger partial charge is 0.358 e. The molecule has 0 amide bonds. The van der Waals surface area contributed by atoms with E-state index in [1.807, 2.05) is 0 Å². The van der Waals surface area contributed by atoms with Crippen LogP contribution in [-0.4, -0.2) is 47.4 Å². The predicted molar refractivity (Wildman–Crippen MR) is 63.3 cm³/mol. The highest BCUT2D eigenvalue weighted by Gasteiger charge is 2.26. The summed E-state index contributed by atoms with van der Waals surface area (Å²) in [5.41, 5.74) is -0.0429. The molecule has 1 aliphatic rings. The molecule has 1 saturated heterocycles. The first-order chi connectivity index (χ1) is 8.60. The lowest BCUT2D eigenvalue weighted by molar-refractivity contribution is -0.00961. The maximum Gasteiger partial charge on any atom is 0.358 e. The first-order valence-corrected chi connectivity index (χ1v) is 6.04. The van der Waals surface area contributed by atoms with Gasteiger partial charge >= 0.3 is 5.97 Å². The zero-order chi connectivity index (χ0) is 13.1. The molecule has 18 heavy (non-hydrogen) atoms. The van der Waals surface area contributed by atoms with Gasteiger partial charge in [0.05, 0.1) is 12.6 Å². The molecule has 0 aliphatic carbocycles. The average Bonchev–Trinajstić information content (AvgIpc) is 2.80. The van der Waals surface area contributed by atoms with Crippen LogP contribution < -0.4 is 0 Å². The van der Waals surface area contributed by atoms with Crippen molar-refractivity contribution in [2.24, 2.45) is 5.92 Å². The SMILES string of the molecule is COC1CN(Cc2cc(C(=O)O)no2)CCC1C. The fourth-order valence-electron chi connectivity index (χ4n) is 2.26. The number of hydrogen-bond donors (Lipinski definition) is 1. The second kappa shape index (κ2) is 5.49. The number of likely N-dealkylation sites (tertiary alicyclic amines) is 1. The van der Waals surface area contributed by atoms with Crippen molar-refractivity contribution in [3.8, 4) is 0 Å². The van der Waals surface area contributed by atoms with Crippen LogP contribution in [0.4, 0.5) is 0 Å². The number of rotatable bonds is 4. The Morgan fingerprint density at radius 1 is 1.72 bits per heavy atom. The van der Waals surface area contributed by atoms with Gasteiger partial charge in [-0.05, 0) is 18.9 Å². The van der Waals surface area contributed by atoms with Gasteiger partial charge < -0.3 is 14.4 Å². The number of carboxylic acid groups (broad SMARTS) is 1. The number of methoxy groups -OCH3 is 1. The minimum Gasteiger partial charge on any atom is -0.476 e. The summed E-state index contributed by atoms with van der Waals surface area (Å²) in [6.45, 7) is 4.56. The van der Waals surface area contributed by atoms with Crippen LogP contribution in [0.25, 0.3) is 0 Å². The number of nitrogens with zero attached hydrogens (tertiary/aromatic N) is 2. The Hall–Kier alpha value is -1.40. The highest BCUT2D eigenvalue weighted by atomic mass is 16.5. The Morgan fingerprint density at radius 3 is 3.11 bits per heavy atom. The molecule has 1 aromatic rings. The van der Waals surface area contributed by atoms with Crippen LogP contribution in [0.2, 0.25) is 0 Å². The highest BCUT2D eigenvalue weighted by Crippen LogP contribution is 2.21. The van der Waals surface area contributed by atoms with Crippen LogP contribution in [0, 0.1) is 5.92 Å². The third-order valence-electron chi connectivity index (χ3n) is 3.43. The molecule has 0 radical (unpaired) electrons.